The first-order valence-electron chi connectivity index (χ1n) is 10.1. The Kier molecular flexibility index (Phi) is 4.49. The molecule has 0 spiro atoms. The van der Waals surface area contributed by atoms with Gasteiger partial charge < -0.3 is 9.84 Å². The molecule has 0 aromatic heterocycles. The molecule has 0 aromatic rings. The molecule has 1 N–H and O–H groups in total. The maximum absolute atomic E-state index is 10.6. The van der Waals surface area contributed by atoms with Crippen molar-refractivity contribution in [2.45, 2.75) is 95.4 Å². The summed E-state index contributed by atoms with van der Waals surface area (Å²) in [6.07, 6.45) is 11.7. The summed E-state index contributed by atoms with van der Waals surface area (Å²) in [5.41, 5.74) is 0.134. The zero-order chi connectivity index (χ0) is 16.0. The molecule has 5 fully saturated rings. The van der Waals surface area contributed by atoms with Gasteiger partial charge in [0.1, 0.15) is 0 Å². The van der Waals surface area contributed by atoms with Crippen LogP contribution in [-0.4, -0.2) is 46.9 Å². The third kappa shape index (κ3) is 3.34. The fraction of sp³-hybridized carbons (Fsp3) is 1.00. The Morgan fingerprint density at radius 1 is 1.00 bits per heavy atom. The van der Waals surface area contributed by atoms with Crippen molar-refractivity contribution in [3.05, 3.63) is 0 Å². The maximum atomic E-state index is 10.6. The lowest BCUT2D eigenvalue weighted by molar-refractivity contribution is -0.177. The summed E-state index contributed by atoms with van der Waals surface area (Å²) < 4.78 is 6.44. The number of aliphatic hydroxyl groups is 1. The normalized spacial score (nSPS) is 47.9. The van der Waals surface area contributed by atoms with Gasteiger partial charge in [-0.15, -0.1) is 0 Å². The smallest absolute Gasteiger partial charge is 0.0900 e. The molecule has 3 atom stereocenters. The second-order valence-electron chi connectivity index (χ2n) is 9.39. The van der Waals surface area contributed by atoms with Gasteiger partial charge in [0.2, 0.25) is 0 Å². The van der Waals surface area contributed by atoms with E-state index in [0.29, 0.717) is 18.7 Å². The highest BCUT2D eigenvalue weighted by atomic mass is 16.5. The summed E-state index contributed by atoms with van der Waals surface area (Å²) in [5.74, 6) is 2.75. The third-order valence-electron chi connectivity index (χ3n) is 7.36. The van der Waals surface area contributed by atoms with Gasteiger partial charge in [-0.2, -0.15) is 0 Å². The quantitative estimate of drug-likeness (QED) is 0.840. The average molecular weight is 322 g/mol. The maximum Gasteiger partial charge on any atom is 0.0900 e. The van der Waals surface area contributed by atoms with Crippen molar-refractivity contribution in [1.29, 1.82) is 0 Å². The monoisotopic (exact) mass is 321 g/mol. The van der Waals surface area contributed by atoms with Gasteiger partial charge in [-0.1, -0.05) is 6.42 Å². The first-order chi connectivity index (χ1) is 11.0. The highest BCUT2D eigenvalue weighted by Crippen LogP contribution is 2.57. The van der Waals surface area contributed by atoms with Crippen LogP contribution in [0, 0.1) is 17.8 Å². The Bertz CT molecular complexity index is 379. The number of piperidine rings is 1. The molecule has 4 saturated carbocycles. The number of rotatable bonds is 5. The van der Waals surface area contributed by atoms with E-state index in [1.165, 1.54) is 57.8 Å². The SMILES string of the molecule is C[C@@H]1CCC[C@H](C)N1C[C@@H](O)COC12CC3CC(CC(C3)C1)C2. The highest BCUT2D eigenvalue weighted by molar-refractivity contribution is 5.03. The number of aliphatic hydroxyl groups excluding tert-OH is 1. The summed E-state index contributed by atoms with van der Waals surface area (Å²) >= 11 is 0. The van der Waals surface area contributed by atoms with Crippen LogP contribution in [-0.2, 0) is 4.74 Å². The molecule has 4 bridgehead atoms. The minimum absolute atomic E-state index is 0.134. The summed E-state index contributed by atoms with van der Waals surface area (Å²) in [4.78, 5) is 2.50. The van der Waals surface area contributed by atoms with Crippen LogP contribution in [0.25, 0.3) is 0 Å². The van der Waals surface area contributed by atoms with Gasteiger partial charge in [0.25, 0.3) is 0 Å². The van der Waals surface area contributed by atoms with Gasteiger partial charge in [-0.25, -0.2) is 0 Å². The Morgan fingerprint density at radius 2 is 1.52 bits per heavy atom. The van der Waals surface area contributed by atoms with E-state index in [1.54, 1.807) is 0 Å². The number of likely N-dealkylation sites (tertiary alicyclic amines) is 1. The van der Waals surface area contributed by atoms with E-state index in [4.69, 9.17) is 4.74 Å². The van der Waals surface area contributed by atoms with Crippen molar-refractivity contribution in [2.75, 3.05) is 13.2 Å². The first-order valence-corrected chi connectivity index (χ1v) is 10.1. The van der Waals surface area contributed by atoms with E-state index < -0.39 is 0 Å². The van der Waals surface area contributed by atoms with Crippen LogP contribution < -0.4 is 0 Å². The first kappa shape index (κ1) is 16.4. The number of ether oxygens (including phenoxy) is 1. The molecule has 5 aliphatic rings. The molecule has 5 rings (SSSR count). The van der Waals surface area contributed by atoms with E-state index in [1.807, 2.05) is 0 Å². The molecule has 132 valence electrons. The van der Waals surface area contributed by atoms with Crippen LogP contribution in [0.2, 0.25) is 0 Å². The summed E-state index contributed by atoms with van der Waals surface area (Å²) in [5, 5.41) is 10.6. The van der Waals surface area contributed by atoms with Crippen LogP contribution in [0.1, 0.15) is 71.6 Å². The molecule has 3 nitrogen and oxygen atoms in total. The van der Waals surface area contributed by atoms with Crippen LogP contribution in [0.4, 0.5) is 0 Å². The Hall–Kier alpha value is -0.120. The molecule has 0 amide bonds. The summed E-state index contributed by atoms with van der Waals surface area (Å²) in [6.45, 7) is 5.95. The molecule has 0 unspecified atom stereocenters. The predicted molar refractivity (Wildman–Crippen MR) is 92.3 cm³/mol. The van der Waals surface area contributed by atoms with Crippen molar-refractivity contribution in [3.8, 4) is 0 Å². The molecule has 0 aromatic carbocycles. The van der Waals surface area contributed by atoms with Gasteiger partial charge in [0, 0.05) is 18.6 Å². The van der Waals surface area contributed by atoms with Gasteiger partial charge >= 0.3 is 0 Å². The zero-order valence-corrected chi connectivity index (χ0v) is 15.0. The third-order valence-corrected chi connectivity index (χ3v) is 7.36. The lowest BCUT2D eigenvalue weighted by atomic mass is 9.54. The second-order valence-corrected chi connectivity index (χ2v) is 9.39. The number of β-amino-alcohol motifs (C(OH)–C–C–N with tert-alkyl or cyclic N) is 1. The topological polar surface area (TPSA) is 32.7 Å². The molecule has 0 radical (unpaired) electrons. The molecule has 1 saturated heterocycles. The molecule has 23 heavy (non-hydrogen) atoms. The number of nitrogens with zero attached hydrogens (tertiary/aromatic N) is 1. The fourth-order valence-corrected chi connectivity index (χ4v) is 6.61. The average Bonchev–Trinajstić information content (AvgIpc) is 2.48. The second kappa shape index (κ2) is 6.31. The van der Waals surface area contributed by atoms with Crippen molar-refractivity contribution in [3.63, 3.8) is 0 Å². The van der Waals surface area contributed by atoms with Gasteiger partial charge in [0.05, 0.1) is 18.3 Å². The predicted octanol–water partition coefficient (Wildman–Crippen LogP) is 3.60. The number of hydrogen-bond acceptors (Lipinski definition) is 3. The van der Waals surface area contributed by atoms with E-state index >= 15 is 0 Å². The minimum Gasteiger partial charge on any atom is -0.389 e. The molecule has 3 heteroatoms. The van der Waals surface area contributed by atoms with Crippen LogP contribution in [0.5, 0.6) is 0 Å². The van der Waals surface area contributed by atoms with E-state index in [-0.39, 0.29) is 11.7 Å². The summed E-state index contributed by atoms with van der Waals surface area (Å²) in [7, 11) is 0. The van der Waals surface area contributed by atoms with Crippen molar-refractivity contribution < 1.29 is 9.84 Å². The van der Waals surface area contributed by atoms with Gasteiger partial charge in [0.15, 0.2) is 0 Å². The fourth-order valence-electron chi connectivity index (χ4n) is 6.61. The molecular weight excluding hydrogens is 286 g/mol. The molecule has 4 aliphatic carbocycles. The highest BCUT2D eigenvalue weighted by Gasteiger charge is 2.51. The van der Waals surface area contributed by atoms with Crippen molar-refractivity contribution >= 4 is 0 Å². The molecule has 1 heterocycles. The Balaban J connectivity index is 1.30. The number of hydrogen-bond donors (Lipinski definition) is 1. The molecule has 1 aliphatic heterocycles. The van der Waals surface area contributed by atoms with Gasteiger partial charge in [-0.05, 0) is 83.0 Å². The lowest BCUT2D eigenvalue weighted by Gasteiger charge is -2.56. The zero-order valence-electron chi connectivity index (χ0n) is 15.0. The summed E-state index contributed by atoms with van der Waals surface area (Å²) in [6, 6.07) is 1.21. The van der Waals surface area contributed by atoms with Crippen LogP contribution >= 0.6 is 0 Å². The van der Waals surface area contributed by atoms with Crippen molar-refractivity contribution in [2.24, 2.45) is 17.8 Å². The van der Waals surface area contributed by atoms with Crippen LogP contribution in [0.15, 0.2) is 0 Å². The van der Waals surface area contributed by atoms with Gasteiger partial charge in [-0.3, -0.25) is 4.90 Å². The lowest BCUT2D eigenvalue weighted by Crippen LogP contribution is -2.53. The standard InChI is InChI=1S/C20H35NO2/c1-14-4-3-5-15(2)21(14)12-19(22)13-23-20-9-16-6-17(10-20)8-18(7-16)11-20/h14-19,22H,3-13H2,1-2H3/t14-,15+,16?,17?,18?,19-,20?/m1/s1. The Morgan fingerprint density at radius 3 is 2.04 bits per heavy atom. The molecular formula is C20H35NO2. The Labute approximate surface area is 141 Å². The van der Waals surface area contributed by atoms with Crippen molar-refractivity contribution in [1.82, 2.24) is 4.90 Å². The van der Waals surface area contributed by atoms with E-state index in [2.05, 4.69) is 18.7 Å². The van der Waals surface area contributed by atoms with Crippen LogP contribution in [0.3, 0.4) is 0 Å². The van der Waals surface area contributed by atoms with E-state index in [9.17, 15) is 5.11 Å². The minimum atomic E-state index is -0.328. The van der Waals surface area contributed by atoms with E-state index in [0.717, 1.165) is 24.3 Å². The largest absolute Gasteiger partial charge is 0.389 e.